The lowest BCUT2D eigenvalue weighted by Gasteiger charge is -2.32. The molecule has 0 radical (unpaired) electrons. The third-order valence-electron chi connectivity index (χ3n) is 5.05. The molecule has 3 rings (SSSR count). The fourth-order valence-corrected chi connectivity index (χ4v) is 3.33. The number of hydrogen-bond acceptors (Lipinski definition) is 4. The molecular formula is C22H27N3O4. The second-order valence-electron chi connectivity index (χ2n) is 7.01. The van der Waals surface area contributed by atoms with Gasteiger partial charge in [-0.15, -0.1) is 0 Å². The molecular weight excluding hydrogens is 370 g/mol. The van der Waals surface area contributed by atoms with Crippen LogP contribution in [0.15, 0.2) is 48.5 Å². The third kappa shape index (κ3) is 5.63. The lowest BCUT2D eigenvalue weighted by molar-refractivity contribution is -0.126. The molecule has 0 aliphatic carbocycles. The van der Waals surface area contributed by atoms with E-state index in [2.05, 4.69) is 10.6 Å². The fraction of sp³-hybridized carbons (Fsp3) is 0.364. The minimum Gasteiger partial charge on any atom is -0.497 e. The van der Waals surface area contributed by atoms with E-state index >= 15 is 0 Å². The largest absolute Gasteiger partial charge is 0.497 e. The highest BCUT2D eigenvalue weighted by Gasteiger charge is 2.28. The molecule has 7 nitrogen and oxygen atoms in total. The Hall–Kier alpha value is -3.22. The summed E-state index contributed by atoms with van der Waals surface area (Å²) < 4.78 is 10.3. The number of urea groups is 1. The van der Waals surface area contributed by atoms with Gasteiger partial charge in [0.05, 0.1) is 20.1 Å². The fourth-order valence-electron chi connectivity index (χ4n) is 3.33. The lowest BCUT2D eigenvalue weighted by Crippen LogP contribution is -2.46. The molecule has 1 heterocycles. The molecule has 29 heavy (non-hydrogen) atoms. The quantitative estimate of drug-likeness (QED) is 0.784. The number of ether oxygens (including phenoxy) is 2. The van der Waals surface area contributed by atoms with Crippen molar-refractivity contribution in [1.29, 1.82) is 0 Å². The first kappa shape index (κ1) is 20.5. The Morgan fingerprint density at radius 1 is 1.00 bits per heavy atom. The Morgan fingerprint density at radius 2 is 1.62 bits per heavy atom. The van der Waals surface area contributed by atoms with Crippen molar-refractivity contribution in [3.63, 3.8) is 0 Å². The van der Waals surface area contributed by atoms with Crippen molar-refractivity contribution in [3.05, 3.63) is 54.1 Å². The summed E-state index contributed by atoms with van der Waals surface area (Å²) >= 11 is 0. The molecule has 1 fully saturated rings. The van der Waals surface area contributed by atoms with Crippen LogP contribution in [-0.4, -0.2) is 44.1 Å². The minimum absolute atomic E-state index is 0.0252. The van der Waals surface area contributed by atoms with Gasteiger partial charge in [-0.2, -0.15) is 0 Å². The first-order valence-electron chi connectivity index (χ1n) is 9.69. The van der Waals surface area contributed by atoms with E-state index in [1.165, 1.54) is 0 Å². The molecule has 2 aromatic rings. The van der Waals surface area contributed by atoms with Gasteiger partial charge in [0, 0.05) is 25.3 Å². The van der Waals surface area contributed by atoms with Crippen LogP contribution < -0.4 is 20.1 Å². The van der Waals surface area contributed by atoms with E-state index in [1.54, 1.807) is 43.4 Å². The summed E-state index contributed by atoms with van der Waals surface area (Å²) in [5.41, 5.74) is 1.70. The number of nitrogens with zero attached hydrogens (tertiary/aromatic N) is 1. The van der Waals surface area contributed by atoms with Crippen LogP contribution in [0.2, 0.25) is 0 Å². The highest BCUT2D eigenvalue weighted by molar-refractivity contribution is 5.90. The van der Waals surface area contributed by atoms with Crippen molar-refractivity contribution in [2.45, 2.75) is 19.4 Å². The lowest BCUT2D eigenvalue weighted by atomic mass is 9.97. The molecule has 1 saturated heterocycles. The smallest absolute Gasteiger partial charge is 0.321 e. The van der Waals surface area contributed by atoms with Crippen molar-refractivity contribution in [2.24, 2.45) is 5.92 Å². The minimum atomic E-state index is -0.205. The number of nitrogens with one attached hydrogen (secondary N) is 2. The second-order valence-corrected chi connectivity index (χ2v) is 7.01. The van der Waals surface area contributed by atoms with Crippen LogP contribution >= 0.6 is 0 Å². The molecule has 2 N–H and O–H groups in total. The van der Waals surface area contributed by atoms with Crippen molar-refractivity contribution in [2.75, 3.05) is 32.6 Å². The Bertz CT molecular complexity index is 821. The SMILES string of the molecule is COc1ccc(CNC(=O)[C@H]2CCCN(C(=O)Nc3ccc(OC)cc3)C2)cc1. The maximum atomic E-state index is 12.6. The van der Waals surface area contributed by atoms with Gasteiger partial charge in [-0.1, -0.05) is 12.1 Å². The molecule has 0 bridgehead atoms. The van der Waals surface area contributed by atoms with Crippen LogP contribution in [0.5, 0.6) is 11.5 Å². The molecule has 1 aliphatic rings. The summed E-state index contributed by atoms with van der Waals surface area (Å²) in [6, 6.07) is 14.6. The van der Waals surface area contributed by atoms with Gasteiger partial charge in [-0.05, 0) is 54.8 Å². The van der Waals surface area contributed by atoms with Gasteiger partial charge in [-0.25, -0.2) is 4.79 Å². The summed E-state index contributed by atoms with van der Waals surface area (Å²) in [6.45, 7) is 1.51. The van der Waals surface area contributed by atoms with E-state index < -0.39 is 0 Å². The molecule has 3 amide bonds. The topological polar surface area (TPSA) is 79.9 Å². The summed E-state index contributed by atoms with van der Waals surface area (Å²) in [4.78, 5) is 26.9. The van der Waals surface area contributed by atoms with Crippen molar-refractivity contribution in [3.8, 4) is 11.5 Å². The zero-order valence-corrected chi connectivity index (χ0v) is 16.8. The normalized spacial score (nSPS) is 16.1. The summed E-state index contributed by atoms with van der Waals surface area (Å²) in [6.07, 6.45) is 1.58. The molecule has 2 aromatic carbocycles. The average molecular weight is 397 g/mol. The van der Waals surface area contributed by atoms with Gasteiger partial charge in [0.25, 0.3) is 0 Å². The van der Waals surface area contributed by atoms with Crippen LogP contribution in [0.4, 0.5) is 10.5 Å². The van der Waals surface area contributed by atoms with Gasteiger partial charge in [0.15, 0.2) is 0 Å². The number of hydrogen-bond donors (Lipinski definition) is 2. The van der Waals surface area contributed by atoms with Crippen LogP contribution in [0.1, 0.15) is 18.4 Å². The maximum absolute atomic E-state index is 12.6. The molecule has 1 aliphatic heterocycles. The predicted octanol–water partition coefficient (Wildman–Crippen LogP) is 3.26. The van der Waals surface area contributed by atoms with E-state index in [-0.39, 0.29) is 17.9 Å². The van der Waals surface area contributed by atoms with Gasteiger partial charge < -0.3 is 25.0 Å². The predicted molar refractivity (Wildman–Crippen MR) is 111 cm³/mol. The number of benzene rings is 2. The number of anilines is 1. The number of carbonyl (C=O) groups excluding carboxylic acids is 2. The Labute approximate surface area is 171 Å². The summed E-state index contributed by atoms with van der Waals surface area (Å²) in [7, 11) is 3.22. The van der Waals surface area contributed by atoms with E-state index in [4.69, 9.17) is 9.47 Å². The maximum Gasteiger partial charge on any atom is 0.321 e. The van der Waals surface area contributed by atoms with Crippen LogP contribution in [-0.2, 0) is 11.3 Å². The van der Waals surface area contributed by atoms with Gasteiger partial charge in [-0.3, -0.25) is 4.79 Å². The van der Waals surface area contributed by atoms with E-state index in [1.807, 2.05) is 24.3 Å². The number of rotatable bonds is 6. The number of piperidine rings is 1. The molecule has 7 heteroatoms. The van der Waals surface area contributed by atoms with Gasteiger partial charge in [0.1, 0.15) is 11.5 Å². The van der Waals surface area contributed by atoms with Gasteiger partial charge in [0.2, 0.25) is 5.91 Å². The molecule has 154 valence electrons. The van der Waals surface area contributed by atoms with E-state index in [0.29, 0.717) is 25.3 Å². The van der Waals surface area contributed by atoms with E-state index in [9.17, 15) is 9.59 Å². The first-order valence-corrected chi connectivity index (χ1v) is 9.69. The highest BCUT2D eigenvalue weighted by Crippen LogP contribution is 2.20. The standard InChI is InChI=1S/C22H27N3O4/c1-28-19-9-5-16(6-10-19)14-23-21(26)17-4-3-13-25(15-17)22(27)24-18-7-11-20(29-2)12-8-18/h5-12,17H,3-4,13-15H2,1-2H3,(H,23,26)(H,24,27)/t17-/m0/s1. The highest BCUT2D eigenvalue weighted by atomic mass is 16.5. The van der Waals surface area contributed by atoms with Crippen molar-refractivity contribution in [1.82, 2.24) is 10.2 Å². The number of carbonyl (C=O) groups is 2. The van der Waals surface area contributed by atoms with Crippen LogP contribution in [0, 0.1) is 5.92 Å². The third-order valence-corrected chi connectivity index (χ3v) is 5.05. The summed E-state index contributed by atoms with van der Waals surface area (Å²) in [5, 5.41) is 5.85. The second kappa shape index (κ2) is 9.82. The molecule has 0 aromatic heterocycles. The Balaban J connectivity index is 1.50. The first-order chi connectivity index (χ1) is 14.1. The molecule has 0 spiro atoms. The summed E-state index contributed by atoms with van der Waals surface area (Å²) in [5.74, 6) is 1.28. The Kier molecular flexibility index (Phi) is 6.94. The average Bonchev–Trinajstić information content (AvgIpc) is 2.78. The molecule has 0 unspecified atom stereocenters. The van der Waals surface area contributed by atoms with E-state index in [0.717, 1.165) is 29.9 Å². The zero-order chi connectivity index (χ0) is 20.6. The molecule has 0 saturated carbocycles. The van der Waals surface area contributed by atoms with Crippen molar-refractivity contribution >= 4 is 17.6 Å². The number of likely N-dealkylation sites (tertiary alicyclic amines) is 1. The van der Waals surface area contributed by atoms with Crippen LogP contribution in [0.25, 0.3) is 0 Å². The van der Waals surface area contributed by atoms with Crippen LogP contribution in [0.3, 0.4) is 0 Å². The molecule has 1 atom stereocenters. The number of methoxy groups -OCH3 is 2. The van der Waals surface area contributed by atoms with Gasteiger partial charge >= 0.3 is 6.03 Å². The number of amides is 3. The Morgan fingerprint density at radius 3 is 2.24 bits per heavy atom. The van der Waals surface area contributed by atoms with Crippen molar-refractivity contribution < 1.29 is 19.1 Å². The monoisotopic (exact) mass is 397 g/mol. The zero-order valence-electron chi connectivity index (χ0n) is 16.8.